The van der Waals surface area contributed by atoms with Crippen LogP contribution in [0, 0.1) is 0 Å². The predicted octanol–water partition coefficient (Wildman–Crippen LogP) is 3.94. The smallest absolute Gasteiger partial charge is 0.140 e. The molecule has 2 N–H and O–H groups in total. The first-order chi connectivity index (χ1) is 9.74. The summed E-state index contributed by atoms with van der Waals surface area (Å²) >= 11 is 3.49. The zero-order valence-electron chi connectivity index (χ0n) is 10.8. The minimum absolute atomic E-state index is 0.717. The van der Waals surface area contributed by atoms with Crippen LogP contribution in [0.25, 0.3) is 11.4 Å². The summed E-state index contributed by atoms with van der Waals surface area (Å²) in [6.07, 6.45) is 3.79. The normalized spacial score (nSPS) is 10.7. The highest BCUT2D eigenvalue weighted by molar-refractivity contribution is 9.10. The molecular weight excluding hydrogens is 314 g/mol. The molecule has 0 aliphatic carbocycles. The van der Waals surface area contributed by atoms with Crippen LogP contribution < -0.4 is 5.73 Å². The van der Waals surface area contributed by atoms with Crippen LogP contribution in [0.5, 0.6) is 0 Å². The standard InChI is InChI=1S/C16H14BrN3/c17-14-6-3-5-12(10-14)16-19-8-9-20(16)11-13-4-1-2-7-15(13)18/h1-10H,11,18H2. The lowest BCUT2D eigenvalue weighted by atomic mass is 10.1. The molecule has 0 bridgehead atoms. The van der Waals surface area contributed by atoms with Gasteiger partial charge in [-0.25, -0.2) is 4.98 Å². The molecule has 0 spiro atoms. The van der Waals surface area contributed by atoms with Gasteiger partial charge in [0.25, 0.3) is 0 Å². The van der Waals surface area contributed by atoms with E-state index in [2.05, 4.69) is 37.6 Å². The molecule has 100 valence electrons. The van der Waals surface area contributed by atoms with E-state index in [1.165, 1.54) is 0 Å². The van der Waals surface area contributed by atoms with E-state index in [0.717, 1.165) is 27.1 Å². The van der Waals surface area contributed by atoms with Crippen molar-refractivity contribution in [2.45, 2.75) is 6.54 Å². The van der Waals surface area contributed by atoms with Crippen LogP contribution in [0.3, 0.4) is 0 Å². The Balaban J connectivity index is 1.97. The molecule has 0 radical (unpaired) electrons. The number of aromatic nitrogens is 2. The summed E-state index contributed by atoms with van der Waals surface area (Å²) in [5, 5.41) is 0. The summed E-state index contributed by atoms with van der Waals surface area (Å²) in [6.45, 7) is 0.717. The maximum atomic E-state index is 6.01. The number of hydrogen-bond acceptors (Lipinski definition) is 2. The fourth-order valence-electron chi connectivity index (χ4n) is 2.19. The Hall–Kier alpha value is -2.07. The van der Waals surface area contributed by atoms with Crippen LogP contribution in [-0.4, -0.2) is 9.55 Å². The Morgan fingerprint density at radius 2 is 1.95 bits per heavy atom. The number of benzene rings is 2. The topological polar surface area (TPSA) is 43.8 Å². The predicted molar refractivity (Wildman–Crippen MR) is 85.3 cm³/mol. The van der Waals surface area contributed by atoms with Crippen molar-refractivity contribution in [3.63, 3.8) is 0 Å². The maximum absolute atomic E-state index is 6.01. The Labute approximate surface area is 126 Å². The Kier molecular flexibility index (Phi) is 3.56. The van der Waals surface area contributed by atoms with Crippen molar-refractivity contribution in [1.82, 2.24) is 9.55 Å². The van der Waals surface area contributed by atoms with E-state index in [1.54, 1.807) is 0 Å². The number of imidazole rings is 1. The molecule has 0 aliphatic rings. The minimum atomic E-state index is 0.717. The first-order valence-corrected chi connectivity index (χ1v) is 7.14. The summed E-state index contributed by atoms with van der Waals surface area (Å²) in [7, 11) is 0. The van der Waals surface area contributed by atoms with Crippen LogP contribution in [0.2, 0.25) is 0 Å². The van der Waals surface area contributed by atoms with E-state index in [-0.39, 0.29) is 0 Å². The van der Waals surface area contributed by atoms with Crippen LogP contribution >= 0.6 is 15.9 Å². The monoisotopic (exact) mass is 327 g/mol. The lowest BCUT2D eigenvalue weighted by Crippen LogP contribution is -2.03. The van der Waals surface area contributed by atoms with Gasteiger partial charge in [0.05, 0.1) is 6.54 Å². The van der Waals surface area contributed by atoms with Gasteiger partial charge >= 0.3 is 0 Å². The van der Waals surface area contributed by atoms with Gasteiger partial charge in [-0.3, -0.25) is 0 Å². The molecule has 2 aromatic carbocycles. The summed E-state index contributed by atoms with van der Waals surface area (Å²) in [4.78, 5) is 4.45. The second-order valence-electron chi connectivity index (χ2n) is 4.59. The number of anilines is 1. The summed E-state index contributed by atoms with van der Waals surface area (Å²) < 4.78 is 3.15. The molecule has 1 heterocycles. The molecule has 0 amide bonds. The molecule has 1 aromatic heterocycles. The quantitative estimate of drug-likeness (QED) is 0.740. The minimum Gasteiger partial charge on any atom is -0.398 e. The highest BCUT2D eigenvalue weighted by Gasteiger charge is 2.08. The SMILES string of the molecule is Nc1ccccc1Cn1ccnc1-c1cccc(Br)c1. The largest absolute Gasteiger partial charge is 0.398 e. The van der Waals surface area contributed by atoms with E-state index in [4.69, 9.17) is 5.73 Å². The third kappa shape index (κ3) is 2.60. The summed E-state index contributed by atoms with van der Waals surface area (Å²) in [5.74, 6) is 0.939. The second-order valence-corrected chi connectivity index (χ2v) is 5.50. The van der Waals surface area contributed by atoms with Gasteiger partial charge in [-0.15, -0.1) is 0 Å². The lowest BCUT2D eigenvalue weighted by molar-refractivity contribution is 0.809. The molecule has 3 nitrogen and oxygen atoms in total. The summed E-state index contributed by atoms with van der Waals surface area (Å²) in [6, 6.07) is 16.0. The van der Waals surface area contributed by atoms with Gasteiger partial charge in [-0.2, -0.15) is 0 Å². The number of rotatable bonds is 3. The molecule has 0 atom stereocenters. The Bertz CT molecular complexity index is 734. The number of nitrogens with two attached hydrogens (primary N) is 1. The lowest BCUT2D eigenvalue weighted by Gasteiger charge is -2.10. The van der Waals surface area contributed by atoms with E-state index in [0.29, 0.717) is 6.54 Å². The van der Waals surface area contributed by atoms with Gasteiger partial charge in [0, 0.05) is 28.1 Å². The average molecular weight is 328 g/mol. The van der Waals surface area contributed by atoms with E-state index >= 15 is 0 Å². The molecule has 0 aliphatic heterocycles. The van der Waals surface area contributed by atoms with Gasteiger partial charge in [-0.1, -0.05) is 46.3 Å². The zero-order valence-corrected chi connectivity index (χ0v) is 12.4. The highest BCUT2D eigenvalue weighted by atomic mass is 79.9. The van der Waals surface area contributed by atoms with Crippen LogP contribution in [0.4, 0.5) is 5.69 Å². The number of hydrogen-bond donors (Lipinski definition) is 1. The summed E-state index contributed by atoms with van der Waals surface area (Å²) in [5.41, 5.74) is 9.00. The first kappa shape index (κ1) is 12.9. The highest BCUT2D eigenvalue weighted by Crippen LogP contribution is 2.23. The third-order valence-corrected chi connectivity index (χ3v) is 3.69. The van der Waals surface area contributed by atoms with Crippen molar-refractivity contribution in [1.29, 1.82) is 0 Å². The van der Waals surface area contributed by atoms with Gasteiger partial charge in [0.1, 0.15) is 5.82 Å². The fraction of sp³-hybridized carbons (Fsp3) is 0.0625. The van der Waals surface area contributed by atoms with E-state index in [9.17, 15) is 0 Å². The number of nitrogens with zero attached hydrogens (tertiary/aromatic N) is 2. The molecule has 4 heteroatoms. The number of halogens is 1. The molecule has 0 unspecified atom stereocenters. The van der Waals surface area contributed by atoms with Crippen molar-refractivity contribution in [2.75, 3.05) is 5.73 Å². The average Bonchev–Trinajstić information content (AvgIpc) is 2.90. The molecule has 3 rings (SSSR count). The van der Waals surface area contributed by atoms with Crippen molar-refractivity contribution < 1.29 is 0 Å². The third-order valence-electron chi connectivity index (χ3n) is 3.19. The molecular formula is C16H14BrN3. The Morgan fingerprint density at radius 3 is 2.75 bits per heavy atom. The van der Waals surface area contributed by atoms with Gasteiger partial charge in [-0.05, 0) is 23.8 Å². The van der Waals surface area contributed by atoms with Gasteiger partial charge in [0.2, 0.25) is 0 Å². The van der Waals surface area contributed by atoms with Crippen LogP contribution in [-0.2, 0) is 6.54 Å². The Morgan fingerprint density at radius 1 is 1.10 bits per heavy atom. The maximum Gasteiger partial charge on any atom is 0.140 e. The molecule has 3 aromatic rings. The van der Waals surface area contributed by atoms with Crippen LogP contribution in [0.15, 0.2) is 65.4 Å². The van der Waals surface area contributed by atoms with E-state index < -0.39 is 0 Å². The van der Waals surface area contributed by atoms with Crippen molar-refractivity contribution in [3.05, 3.63) is 71.0 Å². The van der Waals surface area contributed by atoms with Gasteiger partial charge < -0.3 is 10.3 Å². The van der Waals surface area contributed by atoms with E-state index in [1.807, 2.05) is 48.8 Å². The van der Waals surface area contributed by atoms with Gasteiger partial charge in [0.15, 0.2) is 0 Å². The first-order valence-electron chi connectivity index (χ1n) is 6.34. The molecule has 0 saturated heterocycles. The molecule has 0 fully saturated rings. The number of nitrogen functional groups attached to an aromatic ring is 1. The van der Waals surface area contributed by atoms with Crippen molar-refractivity contribution in [2.24, 2.45) is 0 Å². The second kappa shape index (κ2) is 5.51. The number of para-hydroxylation sites is 1. The van der Waals surface area contributed by atoms with Crippen molar-refractivity contribution >= 4 is 21.6 Å². The molecule has 20 heavy (non-hydrogen) atoms. The van der Waals surface area contributed by atoms with Crippen molar-refractivity contribution in [3.8, 4) is 11.4 Å². The van der Waals surface area contributed by atoms with Crippen LogP contribution in [0.1, 0.15) is 5.56 Å². The zero-order chi connectivity index (χ0) is 13.9. The fourth-order valence-corrected chi connectivity index (χ4v) is 2.59. The molecule has 0 saturated carbocycles.